The van der Waals surface area contributed by atoms with Crippen molar-refractivity contribution in [2.75, 3.05) is 0 Å². The van der Waals surface area contributed by atoms with E-state index in [0.29, 0.717) is 18.4 Å². The van der Waals surface area contributed by atoms with Crippen molar-refractivity contribution < 1.29 is 19.4 Å². The summed E-state index contributed by atoms with van der Waals surface area (Å²) in [5.74, 6) is 0.992. The summed E-state index contributed by atoms with van der Waals surface area (Å²) in [4.78, 5) is 23.4. The molecule has 1 amide bonds. The van der Waals surface area contributed by atoms with Gasteiger partial charge in [0.15, 0.2) is 0 Å². The highest BCUT2D eigenvalue weighted by atomic mass is 16.5. The highest BCUT2D eigenvalue weighted by Gasteiger charge is 2.73. The molecule has 2 saturated heterocycles. The van der Waals surface area contributed by atoms with E-state index in [2.05, 4.69) is 5.32 Å². The molecule has 8 atom stereocenters. The van der Waals surface area contributed by atoms with E-state index < -0.39 is 11.4 Å². The number of ether oxygens (including phenoxy) is 1. The molecule has 3 aliphatic carbocycles. The molecule has 5 nitrogen and oxygen atoms in total. The van der Waals surface area contributed by atoms with E-state index in [0.717, 1.165) is 18.8 Å². The van der Waals surface area contributed by atoms with Crippen LogP contribution in [0.25, 0.3) is 0 Å². The minimum Gasteiger partial charge on any atom is -0.481 e. The molecule has 0 aromatic carbocycles. The Bertz CT molecular complexity index is 506. The van der Waals surface area contributed by atoms with Crippen LogP contribution in [0.15, 0.2) is 0 Å². The zero-order chi connectivity index (χ0) is 12.9. The van der Waals surface area contributed by atoms with Crippen LogP contribution in [0.2, 0.25) is 0 Å². The first kappa shape index (κ1) is 10.7. The maximum Gasteiger partial charge on any atom is 0.310 e. The smallest absolute Gasteiger partial charge is 0.310 e. The van der Waals surface area contributed by atoms with Crippen molar-refractivity contribution in [3.63, 3.8) is 0 Å². The van der Waals surface area contributed by atoms with Gasteiger partial charge in [-0.2, -0.15) is 0 Å². The SMILES string of the molecule is O=C(N[C@@H]1C[C@@]2(C(=O)O)C[C@@H]12)[C@@H]1C[C@@H]2O[C@H]1[C@H]1C[C@H]12. The van der Waals surface area contributed by atoms with E-state index in [1.165, 1.54) is 6.42 Å². The minimum atomic E-state index is -0.688. The second-order valence-corrected chi connectivity index (χ2v) is 7.14. The third-order valence-electron chi connectivity index (χ3n) is 6.30. The number of carbonyl (C=O) groups excluding carboxylic acids is 1. The van der Waals surface area contributed by atoms with Crippen LogP contribution in [0.1, 0.15) is 25.7 Å². The van der Waals surface area contributed by atoms with Crippen LogP contribution in [0.5, 0.6) is 0 Å². The topological polar surface area (TPSA) is 75.6 Å². The molecule has 2 aliphatic heterocycles. The van der Waals surface area contributed by atoms with Crippen LogP contribution in [-0.4, -0.2) is 35.2 Å². The van der Waals surface area contributed by atoms with E-state index in [4.69, 9.17) is 9.84 Å². The maximum absolute atomic E-state index is 12.3. The van der Waals surface area contributed by atoms with E-state index in [9.17, 15) is 9.59 Å². The number of aliphatic carboxylic acids is 1. The molecule has 102 valence electrons. The molecule has 0 aromatic rings. The zero-order valence-corrected chi connectivity index (χ0v) is 10.5. The van der Waals surface area contributed by atoms with E-state index in [1.807, 2.05) is 0 Å². The Hall–Kier alpha value is -1.10. The van der Waals surface area contributed by atoms with Gasteiger partial charge in [-0.15, -0.1) is 0 Å². The lowest BCUT2D eigenvalue weighted by Gasteiger charge is -2.33. The molecule has 2 heterocycles. The number of hydrogen-bond donors (Lipinski definition) is 2. The van der Waals surface area contributed by atoms with Crippen molar-refractivity contribution in [2.24, 2.45) is 29.1 Å². The molecule has 0 radical (unpaired) electrons. The van der Waals surface area contributed by atoms with Crippen LogP contribution in [0.3, 0.4) is 0 Å². The molecule has 0 aromatic heterocycles. The number of nitrogens with one attached hydrogen (secondary N) is 1. The normalized spacial score (nSPS) is 58.8. The second kappa shape index (κ2) is 2.97. The number of amides is 1. The van der Waals surface area contributed by atoms with Gasteiger partial charge in [0, 0.05) is 6.04 Å². The monoisotopic (exact) mass is 263 g/mol. The highest BCUT2D eigenvalue weighted by Crippen LogP contribution is 2.67. The highest BCUT2D eigenvalue weighted by molar-refractivity contribution is 5.84. The average Bonchev–Trinajstić information content (AvgIpc) is 3.19. The Kier molecular flexibility index (Phi) is 1.67. The Morgan fingerprint density at radius 1 is 1.21 bits per heavy atom. The molecule has 0 unspecified atom stereocenters. The van der Waals surface area contributed by atoms with Crippen molar-refractivity contribution >= 4 is 11.9 Å². The summed E-state index contributed by atoms with van der Waals surface area (Å²) >= 11 is 0. The Balaban J connectivity index is 1.23. The summed E-state index contributed by atoms with van der Waals surface area (Å²) in [6, 6.07) is 0.0951. The lowest BCUT2D eigenvalue weighted by molar-refractivity contribution is -0.148. The molecule has 3 saturated carbocycles. The van der Waals surface area contributed by atoms with Gasteiger partial charge in [0.2, 0.25) is 5.91 Å². The molecule has 5 heteroatoms. The summed E-state index contributed by atoms with van der Waals surface area (Å²) in [5, 5.41) is 12.2. The third kappa shape index (κ3) is 1.16. The van der Waals surface area contributed by atoms with Crippen molar-refractivity contribution in [3.05, 3.63) is 0 Å². The van der Waals surface area contributed by atoms with Crippen molar-refractivity contribution in [1.82, 2.24) is 5.32 Å². The van der Waals surface area contributed by atoms with Crippen LogP contribution >= 0.6 is 0 Å². The quantitative estimate of drug-likeness (QED) is 0.772. The first-order chi connectivity index (χ1) is 9.10. The molecule has 2 N–H and O–H groups in total. The lowest BCUT2D eigenvalue weighted by Crippen LogP contribution is -2.51. The summed E-state index contributed by atoms with van der Waals surface area (Å²) < 4.78 is 5.84. The molecule has 19 heavy (non-hydrogen) atoms. The number of rotatable bonds is 3. The molecular weight excluding hydrogens is 246 g/mol. The van der Waals surface area contributed by atoms with E-state index in [1.54, 1.807) is 0 Å². The van der Waals surface area contributed by atoms with Crippen LogP contribution in [0, 0.1) is 29.1 Å². The van der Waals surface area contributed by atoms with E-state index in [-0.39, 0.29) is 29.9 Å². The summed E-state index contributed by atoms with van der Waals surface area (Å²) in [7, 11) is 0. The van der Waals surface area contributed by atoms with Crippen molar-refractivity contribution in [1.29, 1.82) is 0 Å². The number of fused-ring (bicyclic) bond motifs is 6. The zero-order valence-electron chi connectivity index (χ0n) is 10.5. The predicted octanol–water partition coefficient (Wildman–Crippen LogP) is 0.389. The summed E-state index contributed by atoms with van der Waals surface area (Å²) in [6.45, 7) is 0. The number of hydrogen-bond acceptors (Lipinski definition) is 3. The number of carbonyl (C=O) groups is 2. The fourth-order valence-electron chi connectivity index (χ4n) is 4.95. The van der Waals surface area contributed by atoms with Crippen LogP contribution in [-0.2, 0) is 14.3 Å². The van der Waals surface area contributed by atoms with Gasteiger partial charge in [-0.25, -0.2) is 0 Å². The standard InChI is InChI=1S/C14H17NO4/c16-12(7-2-10-5-1-6(5)11(7)19-10)15-9-4-14(13(17)18)3-8(9)14/h5-11H,1-4H2,(H,15,16)(H,17,18)/t5-,6+,7-,8+,9-,10+,11+,14+/m1/s1. The Morgan fingerprint density at radius 3 is 2.63 bits per heavy atom. The van der Waals surface area contributed by atoms with Crippen molar-refractivity contribution in [2.45, 2.75) is 43.9 Å². The summed E-state index contributed by atoms with van der Waals surface area (Å²) in [6.07, 6.45) is 3.95. The number of carboxylic acid groups (broad SMARTS) is 1. The maximum atomic E-state index is 12.3. The van der Waals surface area contributed by atoms with E-state index >= 15 is 0 Å². The van der Waals surface area contributed by atoms with Gasteiger partial charge in [0.25, 0.3) is 0 Å². The van der Waals surface area contributed by atoms with Gasteiger partial charge in [0.1, 0.15) is 0 Å². The second-order valence-electron chi connectivity index (χ2n) is 7.14. The summed E-state index contributed by atoms with van der Waals surface area (Å²) in [5.41, 5.74) is -0.481. The average molecular weight is 263 g/mol. The fraction of sp³-hybridized carbons (Fsp3) is 0.857. The first-order valence-electron chi connectivity index (χ1n) is 7.29. The molecule has 2 bridgehead atoms. The van der Waals surface area contributed by atoms with Gasteiger partial charge in [-0.1, -0.05) is 0 Å². The van der Waals surface area contributed by atoms with Gasteiger partial charge in [-0.05, 0) is 43.4 Å². The van der Waals surface area contributed by atoms with Gasteiger partial charge >= 0.3 is 5.97 Å². The molecule has 5 fully saturated rings. The van der Waals surface area contributed by atoms with Crippen molar-refractivity contribution in [3.8, 4) is 0 Å². The fourth-order valence-corrected chi connectivity index (χ4v) is 4.95. The number of carboxylic acids is 1. The van der Waals surface area contributed by atoms with Gasteiger partial charge in [-0.3, -0.25) is 9.59 Å². The first-order valence-corrected chi connectivity index (χ1v) is 7.29. The van der Waals surface area contributed by atoms with Crippen LogP contribution in [0.4, 0.5) is 0 Å². The third-order valence-corrected chi connectivity index (χ3v) is 6.30. The lowest BCUT2D eigenvalue weighted by atomic mass is 9.79. The predicted molar refractivity (Wildman–Crippen MR) is 63.1 cm³/mol. The molecular formula is C14H17NO4. The molecule has 5 rings (SSSR count). The molecule has 0 spiro atoms. The van der Waals surface area contributed by atoms with Gasteiger partial charge < -0.3 is 15.2 Å². The van der Waals surface area contributed by atoms with Gasteiger partial charge in [0.05, 0.1) is 23.5 Å². The van der Waals surface area contributed by atoms with Crippen LogP contribution < -0.4 is 5.32 Å². The Morgan fingerprint density at radius 2 is 2.05 bits per heavy atom. The Labute approximate surface area is 110 Å². The molecule has 5 aliphatic rings. The minimum absolute atomic E-state index is 0.0207. The largest absolute Gasteiger partial charge is 0.481 e.